The lowest BCUT2D eigenvalue weighted by molar-refractivity contribution is 0.193. The minimum atomic E-state index is 0.435. The standard InChI is InChI=1S/C11H18N4O/c1-12-7-9-3-4-11(14-13-9)15(2)10-5-6-16-8-10/h3-4,10,12H,5-8H2,1-2H3. The first kappa shape index (κ1) is 11.3. The minimum Gasteiger partial charge on any atom is -0.379 e. The first-order chi connectivity index (χ1) is 7.81. The summed E-state index contributed by atoms with van der Waals surface area (Å²) in [5, 5.41) is 11.4. The van der Waals surface area contributed by atoms with Crippen LogP contribution in [0.4, 0.5) is 5.82 Å². The van der Waals surface area contributed by atoms with E-state index in [2.05, 4.69) is 20.4 Å². The SMILES string of the molecule is CNCc1ccc(N(C)C2CCOC2)nn1. The largest absolute Gasteiger partial charge is 0.379 e. The van der Waals surface area contributed by atoms with E-state index in [1.807, 2.05) is 26.2 Å². The summed E-state index contributed by atoms with van der Waals surface area (Å²) in [6.07, 6.45) is 1.07. The van der Waals surface area contributed by atoms with Crippen LogP contribution in [-0.2, 0) is 11.3 Å². The number of aromatic nitrogens is 2. The highest BCUT2D eigenvalue weighted by atomic mass is 16.5. The summed E-state index contributed by atoms with van der Waals surface area (Å²) in [5.74, 6) is 0.912. The van der Waals surface area contributed by atoms with Gasteiger partial charge in [-0.1, -0.05) is 0 Å². The Morgan fingerprint density at radius 3 is 2.94 bits per heavy atom. The van der Waals surface area contributed by atoms with Gasteiger partial charge in [0.2, 0.25) is 0 Å². The zero-order valence-corrected chi connectivity index (χ0v) is 9.81. The van der Waals surface area contributed by atoms with Gasteiger partial charge in [-0.15, -0.1) is 5.10 Å². The summed E-state index contributed by atoms with van der Waals surface area (Å²) in [6, 6.07) is 4.45. The van der Waals surface area contributed by atoms with Gasteiger partial charge in [0.1, 0.15) is 0 Å². The number of anilines is 1. The van der Waals surface area contributed by atoms with Crippen molar-refractivity contribution in [3.63, 3.8) is 0 Å². The molecule has 1 aromatic rings. The third kappa shape index (κ3) is 2.48. The second-order valence-corrected chi connectivity index (χ2v) is 4.04. The molecule has 0 aliphatic carbocycles. The number of nitrogens with one attached hydrogen (secondary N) is 1. The molecule has 88 valence electrons. The highest BCUT2D eigenvalue weighted by molar-refractivity contribution is 5.37. The molecule has 1 N–H and O–H groups in total. The molecular formula is C11H18N4O. The van der Waals surface area contributed by atoms with Gasteiger partial charge >= 0.3 is 0 Å². The van der Waals surface area contributed by atoms with Crippen LogP contribution in [0.3, 0.4) is 0 Å². The Morgan fingerprint density at radius 1 is 1.50 bits per heavy atom. The van der Waals surface area contributed by atoms with Crippen LogP contribution in [0, 0.1) is 0 Å². The van der Waals surface area contributed by atoms with Crippen molar-refractivity contribution in [1.82, 2.24) is 15.5 Å². The first-order valence-corrected chi connectivity index (χ1v) is 5.59. The van der Waals surface area contributed by atoms with Gasteiger partial charge in [-0.3, -0.25) is 0 Å². The fraction of sp³-hybridized carbons (Fsp3) is 0.636. The van der Waals surface area contributed by atoms with Gasteiger partial charge in [0.05, 0.1) is 18.3 Å². The molecule has 1 saturated heterocycles. The van der Waals surface area contributed by atoms with Crippen molar-refractivity contribution in [1.29, 1.82) is 0 Å². The molecule has 1 aliphatic heterocycles. The molecule has 16 heavy (non-hydrogen) atoms. The summed E-state index contributed by atoms with van der Waals surface area (Å²) in [4.78, 5) is 2.14. The molecule has 1 aromatic heterocycles. The van der Waals surface area contributed by atoms with Gasteiger partial charge in [-0.25, -0.2) is 0 Å². The van der Waals surface area contributed by atoms with Crippen molar-refractivity contribution in [2.45, 2.75) is 19.0 Å². The second kappa shape index (κ2) is 5.23. The highest BCUT2D eigenvalue weighted by Crippen LogP contribution is 2.17. The third-order valence-corrected chi connectivity index (χ3v) is 2.88. The minimum absolute atomic E-state index is 0.435. The zero-order chi connectivity index (χ0) is 11.4. The van der Waals surface area contributed by atoms with Gasteiger partial charge in [0, 0.05) is 20.2 Å². The molecule has 5 heteroatoms. The van der Waals surface area contributed by atoms with E-state index in [0.717, 1.165) is 37.7 Å². The van der Waals surface area contributed by atoms with E-state index in [9.17, 15) is 0 Å². The molecule has 2 heterocycles. The number of nitrogens with zero attached hydrogens (tertiary/aromatic N) is 3. The quantitative estimate of drug-likeness (QED) is 0.800. The summed E-state index contributed by atoms with van der Waals surface area (Å²) in [7, 11) is 3.94. The Bertz CT molecular complexity index is 321. The Balaban J connectivity index is 2.02. The van der Waals surface area contributed by atoms with Crippen LogP contribution in [0.25, 0.3) is 0 Å². The molecule has 1 fully saturated rings. The lowest BCUT2D eigenvalue weighted by atomic mass is 10.2. The fourth-order valence-corrected chi connectivity index (χ4v) is 1.83. The van der Waals surface area contributed by atoms with Gasteiger partial charge in [0.25, 0.3) is 0 Å². The maximum absolute atomic E-state index is 5.36. The van der Waals surface area contributed by atoms with E-state index in [1.54, 1.807) is 0 Å². The molecule has 2 rings (SSSR count). The van der Waals surface area contributed by atoms with E-state index >= 15 is 0 Å². The zero-order valence-electron chi connectivity index (χ0n) is 9.81. The molecule has 5 nitrogen and oxygen atoms in total. The summed E-state index contributed by atoms with van der Waals surface area (Å²) in [5.41, 5.74) is 0.960. The van der Waals surface area contributed by atoms with Gasteiger partial charge < -0.3 is 15.0 Å². The van der Waals surface area contributed by atoms with Crippen LogP contribution in [0.2, 0.25) is 0 Å². The van der Waals surface area contributed by atoms with Crippen molar-refractivity contribution in [2.24, 2.45) is 0 Å². The summed E-state index contributed by atoms with van der Waals surface area (Å²) >= 11 is 0. The normalized spacial score (nSPS) is 20.0. The van der Waals surface area contributed by atoms with Crippen LogP contribution in [-0.4, -0.2) is 43.5 Å². The van der Waals surface area contributed by atoms with Crippen LogP contribution in [0.15, 0.2) is 12.1 Å². The number of hydrogen-bond acceptors (Lipinski definition) is 5. The van der Waals surface area contributed by atoms with E-state index < -0.39 is 0 Å². The Hall–Kier alpha value is -1.20. The molecule has 0 amide bonds. The smallest absolute Gasteiger partial charge is 0.151 e. The molecule has 0 saturated carbocycles. The summed E-state index contributed by atoms with van der Waals surface area (Å²) < 4.78 is 5.36. The number of likely N-dealkylation sites (N-methyl/N-ethyl adjacent to an activating group) is 1. The van der Waals surface area contributed by atoms with Crippen LogP contribution in [0.1, 0.15) is 12.1 Å². The van der Waals surface area contributed by atoms with Crippen molar-refractivity contribution in [2.75, 3.05) is 32.2 Å². The predicted octanol–water partition coefficient (Wildman–Crippen LogP) is 0.421. The number of ether oxygens (including phenoxy) is 1. The maximum atomic E-state index is 5.36. The number of rotatable bonds is 4. The predicted molar refractivity (Wildman–Crippen MR) is 62.4 cm³/mol. The first-order valence-electron chi connectivity index (χ1n) is 5.59. The van der Waals surface area contributed by atoms with Gasteiger partial charge in [-0.2, -0.15) is 5.10 Å². The van der Waals surface area contributed by atoms with E-state index in [-0.39, 0.29) is 0 Å². The van der Waals surface area contributed by atoms with Crippen LogP contribution < -0.4 is 10.2 Å². The van der Waals surface area contributed by atoms with Crippen molar-refractivity contribution < 1.29 is 4.74 Å². The van der Waals surface area contributed by atoms with Crippen LogP contribution >= 0.6 is 0 Å². The monoisotopic (exact) mass is 222 g/mol. The van der Waals surface area contributed by atoms with Crippen molar-refractivity contribution >= 4 is 5.82 Å². The third-order valence-electron chi connectivity index (χ3n) is 2.88. The topological polar surface area (TPSA) is 50.3 Å². The maximum Gasteiger partial charge on any atom is 0.151 e. The second-order valence-electron chi connectivity index (χ2n) is 4.04. The van der Waals surface area contributed by atoms with Crippen molar-refractivity contribution in [3.8, 4) is 0 Å². The van der Waals surface area contributed by atoms with E-state index in [4.69, 9.17) is 4.74 Å². The van der Waals surface area contributed by atoms with E-state index in [1.165, 1.54) is 0 Å². The molecule has 0 aromatic carbocycles. The van der Waals surface area contributed by atoms with Gasteiger partial charge in [-0.05, 0) is 25.6 Å². The molecular weight excluding hydrogens is 204 g/mol. The molecule has 0 bridgehead atoms. The fourth-order valence-electron chi connectivity index (χ4n) is 1.83. The number of hydrogen-bond donors (Lipinski definition) is 1. The van der Waals surface area contributed by atoms with Gasteiger partial charge in [0.15, 0.2) is 5.82 Å². The van der Waals surface area contributed by atoms with E-state index in [0.29, 0.717) is 6.04 Å². The Morgan fingerprint density at radius 2 is 2.38 bits per heavy atom. The molecule has 1 unspecified atom stereocenters. The summed E-state index contributed by atoms with van der Waals surface area (Å²) in [6.45, 7) is 2.39. The van der Waals surface area contributed by atoms with Crippen LogP contribution in [0.5, 0.6) is 0 Å². The Kier molecular flexibility index (Phi) is 3.69. The van der Waals surface area contributed by atoms with Crippen molar-refractivity contribution in [3.05, 3.63) is 17.8 Å². The lowest BCUT2D eigenvalue weighted by Crippen LogP contribution is -2.32. The average molecular weight is 222 g/mol. The average Bonchev–Trinajstić information content (AvgIpc) is 2.83. The Labute approximate surface area is 95.8 Å². The molecule has 0 radical (unpaired) electrons. The molecule has 0 spiro atoms. The molecule has 1 atom stereocenters. The molecule has 1 aliphatic rings. The lowest BCUT2D eigenvalue weighted by Gasteiger charge is -2.23. The highest BCUT2D eigenvalue weighted by Gasteiger charge is 2.21.